The summed E-state index contributed by atoms with van der Waals surface area (Å²) in [5.41, 5.74) is 0.804. The maximum absolute atomic E-state index is 12.4. The fraction of sp³-hybridized carbons (Fsp3) is 0.750. The molecule has 2 rings (SSSR count). The summed E-state index contributed by atoms with van der Waals surface area (Å²) in [4.78, 5) is 12.4. The molecule has 1 aromatic heterocycles. The van der Waals surface area contributed by atoms with Gasteiger partial charge in [0.2, 0.25) is 0 Å². The molecule has 0 N–H and O–H groups in total. The Morgan fingerprint density at radius 3 is 2.63 bits per heavy atom. The molecule has 1 aliphatic rings. The van der Waals surface area contributed by atoms with Crippen LogP contribution in [0.2, 0.25) is 0 Å². The lowest BCUT2D eigenvalue weighted by atomic mass is 9.77. The topological polar surface area (TPSA) is 34.9 Å². The number of aryl methyl sites for hydroxylation is 1. The summed E-state index contributed by atoms with van der Waals surface area (Å²) in [6.45, 7) is 5.12. The van der Waals surface area contributed by atoms with Crippen LogP contribution in [0, 0.1) is 11.8 Å². The summed E-state index contributed by atoms with van der Waals surface area (Å²) in [6.07, 6.45) is 12.2. The maximum Gasteiger partial charge on any atom is 0.169 e. The smallest absolute Gasteiger partial charge is 0.169 e. The third-order valence-corrected chi connectivity index (χ3v) is 4.43. The van der Waals surface area contributed by atoms with Gasteiger partial charge in [0.15, 0.2) is 5.78 Å². The minimum absolute atomic E-state index is 0.243. The van der Waals surface area contributed by atoms with Gasteiger partial charge < -0.3 is 0 Å². The van der Waals surface area contributed by atoms with E-state index in [1.165, 1.54) is 32.1 Å². The SMILES string of the molecule is CCCCC1CCC(C(=O)c2cnn(CC)c2)CC1. The highest BCUT2D eigenvalue weighted by atomic mass is 16.1. The van der Waals surface area contributed by atoms with Crippen molar-refractivity contribution in [3.8, 4) is 0 Å². The van der Waals surface area contributed by atoms with E-state index in [-0.39, 0.29) is 5.92 Å². The molecule has 19 heavy (non-hydrogen) atoms. The number of rotatable bonds is 6. The number of carbonyl (C=O) groups is 1. The normalized spacial score (nSPS) is 23.5. The van der Waals surface area contributed by atoms with Gasteiger partial charge >= 0.3 is 0 Å². The summed E-state index contributed by atoms with van der Waals surface area (Å²) in [5, 5.41) is 4.20. The lowest BCUT2D eigenvalue weighted by Crippen LogP contribution is -2.21. The summed E-state index contributed by atoms with van der Waals surface area (Å²) in [5.74, 6) is 1.42. The van der Waals surface area contributed by atoms with E-state index >= 15 is 0 Å². The van der Waals surface area contributed by atoms with Crippen LogP contribution in [0.3, 0.4) is 0 Å². The van der Waals surface area contributed by atoms with Gasteiger partial charge in [-0.15, -0.1) is 0 Å². The first-order valence-corrected chi connectivity index (χ1v) is 7.81. The Bertz CT molecular complexity index is 403. The maximum atomic E-state index is 12.4. The van der Waals surface area contributed by atoms with Gasteiger partial charge in [-0.3, -0.25) is 9.48 Å². The van der Waals surface area contributed by atoms with Crippen molar-refractivity contribution in [3.63, 3.8) is 0 Å². The van der Waals surface area contributed by atoms with Crippen molar-refractivity contribution in [1.29, 1.82) is 0 Å². The molecule has 1 fully saturated rings. The molecule has 3 heteroatoms. The van der Waals surface area contributed by atoms with Crippen LogP contribution in [0.5, 0.6) is 0 Å². The number of nitrogens with zero attached hydrogens (tertiary/aromatic N) is 2. The number of unbranched alkanes of at least 4 members (excludes halogenated alkanes) is 1. The molecule has 0 radical (unpaired) electrons. The van der Waals surface area contributed by atoms with E-state index in [9.17, 15) is 4.79 Å². The predicted octanol–water partition coefficient (Wildman–Crippen LogP) is 4.08. The van der Waals surface area contributed by atoms with Crippen molar-refractivity contribution in [2.75, 3.05) is 0 Å². The Morgan fingerprint density at radius 2 is 2.05 bits per heavy atom. The summed E-state index contributed by atoms with van der Waals surface area (Å²) in [6, 6.07) is 0. The Hall–Kier alpha value is -1.12. The first kappa shape index (κ1) is 14.3. The Balaban J connectivity index is 1.85. The van der Waals surface area contributed by atoms with Crippen LogP contribution in [-0.4, -0.2) is 15.6 Å². The molecule has 0 atom stereocenters. The Kier molecular flexibility index (Phi) is 5.17. The van der Waals surface area contributed by atoms with E-state index in [1.807, 2.05) is 17.8 Å². The van der Waals surface area contributed by atoms with Gasteiger partial charge in [-0.1, -0.05) is 26.2 Å². The van der Waals surface area contributed by atoms with E-state index in [1.54, 1.807) is 6.20 Å². The number of Topliss-reactive ketones (excluding diaryl/α,β-unsaturated/α-hetero) is 1. The number of aromatic nitrogens is 2. The summed E-state index contributed by atoms with van der Waals surface area (Å²) < 4.78 is 1.83. The summed E-state index contributed by atoms with van der Waals surface area (Å²) >= 11 is 0. The quantitative estimate of drug-likeness (QED) is 0.724. The lowest BCUT2D eigenvalue weighted by Gasteiger charge is -2.27. The van der Waals surface area contributed by atoms with Gasteiger partial charge in [-0.2, -0.15) is 5.10 Å². The zero-order valence-corrected chi connectivity index (χ0v) is 12.3. The first-order chi connectivity index (χ1) is 9.24. The zero-order valence-electron chi connectivity index (χ0n) is 12.3. The van der Waals surface area contributed by atoms with Gasteiger partial charge in [-0.05, 0) is 38.5 Å². The lowest BCUT2D eigenvalue weighted by molar-refractivity contribution is 0.0869. The van der Waals surface area contributed by atoms with E-state index in [4.69, 9.17) is 0 Å². The van der Waals surface area contributed by atoms with Crippen LogP contribution < -0.4 is 0 Å². The third kappa shape index (κ3) is 3.68. The average molecular weight is 262 g/mol. The molecule has 1 saturated carbocycles. The number of hydrogen-bond donors (Lipinski definition) is 0. The molecule has 0 bridgehead atoms. The number of carbonyl (C=O) groups excluding carboxylic acids is 1. The van der Waals surface area contributed by atoms with Crippen LogP contribution in [0.4, 0.5) is 0 Å². The molecule has 0 aliphatic heterocycles. The van der Waals surface area contributed by atoms with Crippen molar-refractivity contribution in [2.24, 2.45) is 11.8 Å². The van der Waals surface area contributed by atoms with Gasteiger partial charge in [-0.25, -0.2) is 0 Å². The van der Waals surface area contributed by atoms with Crippen molar-refractivity contribution in [2.45, 2.75) is 65.3 Å². The zero-order chi connectivity index (χ0) is 13.7. The van der Waals surface area contributed by atoms with Crippen molar-refractivity contribution in [1.82, 2.24) is 9.78 Å². The van der Waals surface area contributed by atoms with E-state index in [2.05, 4.69) is 12.0 Å². The molecular formula is C16H26N2O. The average Bonchev–Trinajstić information content (AvgIpc) is 2.94. The minimum Gasteiger partial charge on any atom is -0.294 e. The highest BCUT2D eigenvalue weighted by Crippen LogP contribution is 2.33. The van der Waals surface area contributed by atoms with Crippen LogP contribution in [0.15, 0.2) is 12.4 Å². The Morgan fingerprint density at radius 1 is 1.32 bits per heavy atom. The second kappa shape index (κ2) is 6.88. The van der Waals surface area contributed by atoms with Crippen LogP contribution in [-0.2, 0) is 6.54 Å². The molecule has 1 aromatic rings. The monoisotopic (exact) mass is 262 g/mol. The van der Waals surface area contributed by atoms with Crippen molar-refractivity contribution < 1.29 is 4.79 Å². The van der Waals surface area contributed by atoms with E-state index in [0.717, 1.165) is 30.9 Å². The molecule has 0 amide bonds. The van der Waals surface area contributed by atoms with Crippen LogP contribution >= 0.6 is 0 Å². The fourth-order valence-electron chi connectivity index (χ4n) is 3.11. The molecule has 0 saturated heterocycles. The van der Waals surface area contributed by atoms with Gasteiger partial charge in [0.1, 0.15) is 0 Å². The van der Waals surface area contributed by atoms with Crippen LogP contribution in [0.25, 0.3) is 0 Å². The standard InChI is InChI=1S/C16H26N2O/c1-3-5-6-13-7-9-14(10-8-13)16(19)15-11-17-18(4-2)12-15/h11-14H,3-10H2,1-2H3. The fourth-order valence-corrected chi connectivity index (χ4v) is 3.11. The molecule has 1 heterocycles. The van der Waals surface area contributed by atoms with E-state index in [0.29, 0.717) is 5.78 Å². The molecule has 0 aromatic carbocycles. The highest BCUT2D eigenvalue weighted by molar-refractivity contribution is 5.97. The summed E-state index contributed by atoms with van der Waals surface area (Å²) in [7, 11) is 0. The molecule has 3 nitrogen and oxygen atoms in total. The molecule has 106 valence electrons. The van der Waals surface area contributed by atoms with Crippen molar-refractivity contribution in [3.05, 3.63) is 18.0 Å². The molecular weight excluding hydrogens is 236 g/mol. The van der Waals surface area contributed by atoms with Crippen molar-refractivity contribution >= 4 is 5.78 Å². The molecule has 0 unspecified atom stereocenters. The second-order valence-corrected chi connectivity index (χ2v) is 5.81. The second-order valence-electron chi connectivity index (χ2n) is 5.81. The number of hydrogen-bond acceptors (Lipinski definition) is 2. The van der Waals surface area contributed by atoms with Gasteiger partial charge in [0, 0.05) is 18.7 Å². The van der Waals surface area contributed by atoms with Gasteiger partial charge in [0.25, 0.3) is 0 Å². The third-order valence-electron chi connectivity index (χ3n) is 4.43. The first-order valence-electron chi connectivity index (χ1n) is 7.81. The molecule has 1 aliphatic carbocycles. The van der Waals surface area contributed by atoms with Gasteiger partial charge in [0.05, 0.1) is 11.8 Å². The Labute approximate surface area is 116 Å². The van der Waals surface area contributed by atoms with Crippen LogP contribution in [0.1, 0.15) is 69.2 Å². The van der Waals surface area contributed by atoms with E-state index < -0.39 is 0 Å². The highest BCUT2D eigenvalue weighted by Gasteiger charge is 2.27. The molecule has 0 spiro atoms. The number of ketones is 1. The predicted molar refractivity (Wildman–Crippen MR) is 77.2 cm³/mol. The largest absolute Gasteiger partial charge is 0.294 e. The minimum atomic E-state index is 0.243.